The molecule has 1 heterocycles. The average molecular weight is 171 g/mol. The van der Waals surface area contributed by atoms with Crippen molar-refractivity contribution in [2.24, 2.45) is 0 Å². The molecule has 0 aromatic rings. The highest BCUT2D eigenvalue weighted by molar-refractivity contribution is 5.78. The van der Waals surface area contributed by atoms with E-state index in [1.165, 1.54) is 0 Å². The molecule has 1 aliphatic heterocycles. The minimum atomic E-state index is 0.0952. The van der Waals surface area contributed by atoms with E-state index in [2.05, 4.69) is 22.6 Å². The van der Waals surface area contributed by atoms with Gasteiger partial charge in [-0.1, -0.05) is 0 Å². The smallest absolute Gasteiger partial charge is 0.234 e. The third kappa shape index (κ3) is 2.79. The van der Waals surface area contributed by atoms with Crippen LogP contribution in [-0.2, 0) is 4.79 Å². The Kier molecular flexibility index (Phi) is 3.49. The summed E-state index contributed by atoms with van der Waals surface area (Å²) in [4.78, 5) is 13.3. The highest BCUT2D eigenvalue weighted by Crippen LogP contribution is 2.05. The van der Waals surface area contributed by atoms with Crippen LogP contribution in [0.15, 0.2) is 0 Å². The van der Waals surface area contributed by atoms with E-state index in [1.54, 1.807) is 7.05 Å². The van der Waals surface area contributed by atoms with Gasteiger partial charge in [0.2, 0.25) is 5.91 Å². The molecule has 12 heavy (non-hydrogen) atoms. The lowest BCUT2D eigenvalue weighted by molar-refractivity contribution is -0.120. The summed E-state index contributed by atoms with van der Waals surface area (Å²) < 4.78 is 0. The number of hydrogen-bond donors (Lipinski definition) is 2. The molecule has 1 unspecified atom stereocenters. The quantitative estimate of drug-likeness (QED) is 0.574. The predicted molar refractivity (Wildman–Crippen MR) is 48.0 cm³/mol. The maximum atomic E-state index is 11.1. The number of carbonyl (C=O) groups excluding carboxylic acids is 1. The molecule has 1 fully saturated rings. The van der Waals surface area contributed by atoms with Gasteiger partial charge in [-0.25, -0.2) is 0 Å². The van der Waals surface area contributed by atoms with Gasteiger partial charge in [0.25, 0.3) is 0 Å². The molecule has 0 saturated carbocycles. The molecular formula is C8H17N3O. The van der Waals surface area contributed by atoms with Gasteiger partial charge in [-0.2, -0.15) is 0 Å². The molecule has 2 N–H and O–H groups in total. The Balaban J connectivity index is 2.18. The van der Waals surface area contributed by atoms with Crippen LogP contribution in [0.3, 0.4) is 0 Å². The van der Waals surface area contributed by atoms with Crippen molar-refractivity contribution in [3.8, 4) is 0 Å². The Morgan fingerprint density at radius 2 is 2.42 bits per heavy atom. The predicted octanol–water partition coefficient (Wildman–Crippen LogP) is -0.974. The zero-order chi connectivity index (χ0) is 8.97. The first kappa shape index (κ1) is 9.48. The van der Waals surface area contributed by atoms with Crippen molar-refractivity contribution in [3.63, 3.8) is 0 Å². The normalized spacial score (nSPS) is 24.3. The van der Waals surface area contributed by atoms with Crippen LogP contribution in [0.2, 0.25) is 0 Å². The summed E-state index contributed by atoms with van der Waals surface area (Å²) >= 11 is 0. The van der Waals surface area contributed by atoms with Gasteiger partial charge in [0.15, 0.2) is 0 Å². The van der Waals surface area contributed by atoms with Crippen molar-refractivity contribution in [1.29, 1.82) is 0 Å². The van der Waals surface area contributed by atoms with Gasteiger partial charge in [-0.15, -0.1) is 0 Å². The van der Waals surface area contributed by atoms with Crippen molar-refractivity contribution in [2.75, 3.05) is 33.7 Å². The Morgan fingerprint density at radius 1 is 1.67 bits per heavy atom. The molecular weight excluding hydrogens is 154 g/mol. The molecule has 4 heteroatoms. The van der Waals surface area contributed by atoms with Crippen LogP contribution in [0.5, 0.6) is 0 Å². The largest absolute Gasteiger partial charge is 0.351 e. The SMILES string of the molecule is CNCC(=O)NC1CCN(C)C1. The number of hydrogen-bond acceptors (Lipinski definition) is 3. The fraction of sp³-hybridized carbons (Fsp3) is 0.875. The molecule has 0 spiro atoms. The second-order valence-electron chi connectivity index (χ2n) is 3.35. The first-order valence-corrected chi connectivity index (χ1v) is 4.35. The molecule has 0 aliphatic carbocycles. The van der Waals surface area contributed by atoms with Gasteiger partial charge in [0, 0.05) is 12.6 Å². The van der Waals surface area contributed by atoms with E-state index in [1.807, 2.05) is 0 Å². The molecule has 1 aliphatic rings. The maximum absolute atomic E-state index is 11.1. The minimum absolute atomic E-state index is 0.0952. The third-order valence-corrected chi connectivity index (χ3v) is 2.09. The van der Waals surface area contributed by atoms with Crippen molar-refractivity contribution in [2.45, 2.75) is 12.5 Å². The summed E-state index contributed by atoms with van der Waals surface area (Å²) in [6, 6.07) is 0.357. The standard InChI is InChI=1S/C8H17N3O/c1-9-5-8(12)10-7-3-4-11(2)6-7/h7,9H,3-6H2,1-2H3,(H,10,12). The van der Waals surface area contributed by atoms with Crippen molar-refractivity contribution >= 4 is 5.91 Å². The molecule has 1 rings (SSSR count). The number of likely N-dealkylation sites (N-methyl/N-ethyl adjacent to an activating group) is 2. The molecule has 1 saturated heterocycles. The first-order valence-electron chi connectivity index (χ1n) is 4.35. The van der Waals surface area contributed by atoms with Crippen LogP contribution in [0.4, 0.5) is 0 Å². The van der Waals surface area contributed by atoms with Crippen LogP contribution in [-0.4, -0.2) is 50.6 Å². The van der Waals surface area contributed by atoms with E-state index >= 15 is 0 Å². The van der Waals surface area contributed by atoms with Gasteiger partial charge < -0.3 is 15.5 Å². The second-order valence-corrected chi connectivity index (χ2v) is 3.35. The molecule has 4 nitrogen and oxygen atoms in total. The lowest BCUT2D eigenvalue weighted by Gasteiger charge is -2.12. The highest BCUT2D eigenvalue weighted by Gasteiger charge is 2.20. The van der Waals surface area contributed by atoms with Crippen molar-refractivity contribution < 1.29 is 4.79 Å². The number of nitrogens with zero attached hydrogens (tertiary/aromatic N) is 1. The van der Waals surface area contributed by atoms with E-state index in [4.69, 9.17) is 0 Å². The van der Waals surface area contributed by atoms with Crippen LogP contribution < -0.4 is 10.6 Å². The Morgan fingerprint density at radius 3 is 2.92 bits per heavy atom. The van der Waals surface area contributed by atoms with Crippen LogP contribution in [0.1, 0.15) is 6.42 Å². The number of rotatable bonds is 3. The molecule has 1 amide bonds. The summed E-state index contributed by atoms with van der Waals surface area (Å²) in [5.41, 5.74) is 0. The van der Waals surface area contributed by atoms with Gasteiger partial charge >= 0.3 is 0 Å². The van der Waals surface area contributed by atoms with Crippen LogP contribution in [0, 0.1) is 0 Å². The van der Waals surface area contributed by atoms with E-state index in [0.29, 0.717) is 12.6 Å². The van der Waals surface area contributed by atoms with E-state index in [-0.39, 0.29) is 5.91 Å². The van der Waals surface area contributed by atoms with Crippen molar-refractivity contribution in [1.82, 2.24) is 15.5 Å². The molecule has 0 aromatic heterocycles. The van der Waals surface area contributed by atoms with Crippen LogP contribution >= 0.6 is 0 Å². The lowest BCUT2D eigenvalue weighted by atomic mass is 10.2. The highest BCUT2D eigenvalue weighted by atomic mass is 16.2. The summed E-state index contributed by atoms with van der Waals surface area (Å²) in [5.74, 6) is 0.0952. The summed E-state index contributed by atoms with van der Waals surface area (Å²) in [7, 11) is 3.85. The molecule has 0 aromatic carbocycles. The van der Waals surface area contributed by atoms with Gasteiger partial charge in [-0.3, -0.25) is 4.79 Å². The Labute approximate surface area is 73.3 Å². The molecule has 0 radical (unpaired) electrons. The fourth-order valence-electron chi connectivity index (χ4n) is 1.49. The summed E-state index contributed by atoms with van der Waals surface area (Å²) in [5, 5.41) is 5.79. The van der Waals surface area contributed by atoms with Gasteiger partial charge in [0.05, 0.1) is 6.54 Å². The zero-order valence-electron chi connectivity index (χ0n) is 7.76. The number of carbonyl (C=O) groups is 1. The first-order chi connectivity index (χ1) is 5.72. The Bertz CT molecular complexity index is 160. The number of amides is 1. The summed E-state index contributed by atoms with van der Waals surface area (Å²) in [6.45, 7) is 2.49. The lowest BCUT2D eigenvalue weighted by Crippen LogP contribution is -2.40. The zero-order valence-corrected chi connectivity index (χ0v) is 7.76. The van der Waals surface area contributed by atoms with Crippen LogP contribution in [0.25, 0.3) is 0 Å². The topological polar surface area (TPSA) is 44.4 Å². The monoisotopic (exact) mass is 171 g/mol. The average Bonchev–Trinajstić information content (AvgIpc) is 2.36. The second kappa shape index (κ2) is 4.42. The molecule has 1 atom stereocenters. The Hall–Kier alpha value is -0.610. The fourth-order valence-corrected chi connectivity index (χ4v) is 1.49. The third-order valence-electron chi connectivity index (χ3n) is 2.09. The van der Waals surface area contributed by atoms with E-state index < -0.39 is 0 Å². The minimum Gasteiger partial charge on any atom is -0.351 e. The maximum Gasteiger partial charge on any atom is 0.234 e. The van der Waals surface area contributed by atoms with Gasteiger partial charge in [-0.05, 0) is 27.1 Å². The van der Waals surface area contributed by atoms with E-state index in [9.17, 15) is 4.79 Å². The molecule has 70 valence electrons. The summed E-state index contributed by atoms with van der Waals surface area (Å²) in [6.07, 6.45) is 1.08. The molecule has 0 bridgehead atoms. The number of likely N-dealkylation sites (tertiary alicyclic amines) is 1. The van der Waals surface area contributed by atoms with Crippen molar-refractivity contribution in [3.05, 3.63) is 0 Å². The van der Waals surface area contributed by atoms with Gasteiger partial charge in [0.1, 0.15) is 0 Å². The number of nitrogens with one attached hydrogen (secondary N) is 2. The van der Waals surface area contributed by atoms with E-state index in [0.717, 1.165) is 19.5 Å².